The van der Waals surface area contributed by atoms with E-state index in [0.29, 0.717) is 12.8 Å². The molecule has 0 aliphatic rings. The van der Waals surface area contributed by atoms with Crippen LogP contribution in [-0.2, 0) is 0 Å². The van der Waals surface area contributed by atoms with E-state index in [2.05, 4.69) is 6.92 Å². The van der Waals surface area contributed by atoms with Gasteiger partial charge in [-0.15, -0.1) is 0 Å². The van der Waals surface area contributed by atoms with E-state index < -0.39 is 17.7 Å². The molecule has 0 rings (SSSR count). The van der Waals surface area contributed by atoms with Crippen molar-refractivity contribution in [2.45, 2.75) is 83.9 Å². The average molecular weight is 268 g/mol. The number of alkyl halides is 3. The van der Waals surface area contributed by atoms with Crippen molar-refractivity contribution in [3.63, 3.8) is 0 Å². The lowest BCUT2D eigenvalue weighted by Gasteiger charge is -2.35. The Kier molecular flexibility index (Phi) is 7.92. The first-order valence-corrected chi connectivity index (χ1v) is 7.06. The van der Waals surface area contributed by atoms with Crippen LogP contribution < -0.4 is 0 Å². The van der Waals surface area contributed by atoms with Crippen LogP contribution in [0.2, 0.25) is 0 Å². The number of unbranched alkanes of at least 4 members (excludes halogenated alkanes) is 4. The van der Waals surface area contributed by atoms with Crippen LogP contribution in [0.4, 0.5) is 13.2 Å². The first-order valence-electron chi connectivity index (χ1n) is 7.06. The molecule has 0 aliphatic carbocycles. The van der Waals surface area contributed by atoms with Crippen molar-refractivity contribution in [1.29, 1.82) is 0 Å². The lowest BCUT2D eigenvalue weighted by Crippen LogP contribution is -2.48. The van der Waals surface area contributed by atoms with Crippen LogP contribution in [0.1, 0.15) is 72.1 Å². The van der Waals surface area contributed by atoms with Crippen molar-refractivity contribution in [3.8, 4) is 0 Å². The van der Waals surface area contributed by atoms with E-state index in [1.807, 2.05) is 6.92 Å². The van der Waals surface area contributed by atoms with Gasteiger partial charge < -0.3 is 5.11 Å². The summed E-state index contributed by atoms with van der Waals surface area (Å²) in [6.07, 6.45) is 1.83. The van der Waals surface area contributed by atoms with Crippen molar-refractivity contribution < 1.29 is 18.3 Å². The summed E-state index contributed by atoms with van der Waals surface area (Å²) in [7, 11) is 0. The smallest absolute Gasteiger partial charge is 0.380 e. The van der Waals surface area contributed by atoms with Gasteiger partial charge in [-0.05, 0) is 25.7 Å². The largest absolute Gasteiger partial charge is 0.417 e. The van der Waals surface area contributed by atoms with Gasteiger partial charge in [-0.25, -0.2) is 0 Å². The standard InChI is InChI=1S/C14H27F3O/c1-4-6-8-9-11-12(10-7-5-2)13(3,18)14(15,16)17/h12,18H,4-11H2,1-3H3. The van der Waals surface area contributed by atoms with E-state index in [-0.39, 0.29) is 0 Å². The number of aliphatic hydroxyl groups is 1. The van der Waals surface area contributed by atoms with Crippen molar-refractivity contribution in [2.24, 2.45) is 5.92 Å². The van der Waals surface area contributed by atoms with Crippen LogP contribution in [0.15, 0.2) is 0 Å². The van der Waals surface area contributed by atoms with Gasteiger partial charge in [0.2, 0.25) is 0 Å². The molecule has 0 bridgehead atoms. The van der Waals surface area contributed by atoms with Crippen LogP contribution in [0.3, 0.4) is 0 Å². The zero-order chi connectivity index (χ0) is 14.2. The molecule has 0 aromatic carbocycles. The fourth-order valence-corrected chi connectivity index (χ4v) is 2.21. The molecule has 0 aromatic heterocycles. The lowest BCUT2D eigenvalue weighted by atomic mass is 9.81. The molecule has 18 heavy (non-hydrogen) atoms. The van der Waals surface area contributed by atoms with Crippen LogP contribution in [0, 0.1) is 5.92 Å². The third kappa shape index (κ3) is 5.59. The Balaban J connectivity index is 4.46. The molecule has 0 aliphatic heterocycles. The molecule has 110 valence electrons. The monoisotopic (exact) mass is 268 g/mol. The maximum Gasteiger partial charge on any atom is 0.417 e. The van der Waals surface area contributed by atoms with Gasteiger partial charge in [-0.1, -0.05) is 52.4 Å². The van der Waals surface area contributed by atoms with E-state index in [1.165, 1.54) is 0 Å². The quantitative estimate of drug-likeness (QED) is 0.578. The molecule has 0 fully saturated rings. The van der Waals surface area contributed by atoms with Gasteiger partial charge in [0.05, 0.1) is 0 Å². The Labute approximate surface area is 109 Å². The van der Waals surface area contributed by atoms with Gasteiger partial charge in [0.25, 0.3) is 0 Å². The van der Waals surface area contributed by atoms with Crippen molar-refractivity contribution in [1.82, 2.24) is 0 Å². The highest BCUT2D eigenvalue weighted by molar-refractivity contribution is 4.88. The maximum absolute atomic E-state index is 12.8. The minimum absolute atomic E-state index is 0.454. The minimum atomic E-state index is -4.53. The summed E-state index contributed by atoms with van der Waals surface area (Å²) in [6.45, 7) is 4.95. The molecular formula is C14H27F3O. The lowest BCUT2D eigenvalue weighted by molar-refractivity contribution is -0.273. The molecular weight excluding hydrogens is 241 g/mol. The Bertz CT molecular complexity index is 212. The molecule has 2 unspecified atom stereocenters. The topological polar surface area (TPSA) is 20.2 Å². The highest BCUT2D eigenvalue weighted by atomic mass is 19.4. The second-order valence-corrected chi connectivity index (χ2v) is 5.33. The normalized spacial score (nSPS) is 17.5. The second-order valence-electron chi connectivity index (χ2n) is 5.33. The molecule has 0 radical (unpaired) electrons. The first-order chi connectivity index (χ1) is 8.27. The Hall–Kier alpha value is -0.250. The van der Waals surface area contributed by atoms with Crippen LogP contribution in [-0.4, -0.2) is 16.9 Å². The summed E-state index contributed by atoms with van der Waals surface area (Å²) >= 11 is 0. The number of hydrogen-bond donors (Lipinski definition) is 1. The van der Waals surface area contributed by atoms with E-state index in [0.717, 1.165) is 45.4 Å². The molecule has 0 heterocycles. The Morgan fingerprint density at radius 3 is 1.83 bits per heavy atom. The molecule has 2 atom stereocenters. The predicted octanol–water partition coefficient (Wildman–Crippen LogP) is 5.08. The summed E-state index contributed by atoms with van der Waals surface area (Å²) in [5.41, 5.74) is -2.55. The van der Waals surface area contributed by atoms with Gasteiger partial charge in [0.15, 0.2) is 5.60 Å². The summed E-state index contributed by atoms with van der Waals surface area (Å²) in [6, 6.07) is 0. The Morgan fingerprint density at radius 1 is 0.889 bits per heavy atom. The first kappa shape index (κ1) is 17.8. The Morgan fingerprint density at radius 2 is 1.39 bits per heavy atom. The zero-order valence-corrected chi connectivity index (χ0v) is 11.8. The zero-order valence-electron chi connectivity index (χ0n) is 11.8. The summed E-state index contributed by atoms with van der Waals surface area (Å²) < 4.78 is 38.5. The SMILES string of the molecule is CCCCCCC(CCCC)C(C)(O)C(F)(F)F. The second kappa shape index (κ2) is 8.03. The fourth-order valence-electron chi connectivity index (χ4n) is 2.21. The minimum Gasteiger partial charge on any atom is -0.380 e. The van der Waals surface area contributed by atoms with E-state index in [4.69, 9.17) is 0 Å². The van der Waals surface area contributed by atoms with Crippen LogP contribution >= 0.6 is 0 Å². The number of hydrogen-bond acceptors (Lipinski definition) is 1. The molecule has 1 N–H and O–H groups in total. The molecule has 0 aromatic rings. The van der Waals surface area contributed by atoms with Gasteiger partial charge >= 0.3 is 6.18 Å². The van der Waals surface area contributed by atoms with Crippen LogP contribution in [0.5, 0.6) is 0 Å². The van der Waals surface area contributed by atoms with Gasteiger partial charge in [0, 0.05) is 0 Å². The molecule has 4 heteroatoms. The average Bonchev–Trinajstić information content (AvgIpc) is 2.26. The maximum atomic E-state index is 12.8. The fraction of sp³-hybridized carbons (Fsp3) is 1.00. The highest BCUT2D eigenvalue weighted by Gasteiger charge is 2.53. The summed E-state index contributed by atoms with van der Waals surface area (Å²) in [4.78, 5) is 0. The van der Waals surface area contributed by atoms with Crippen LogP contribution in [0.25, 0.3) is 0 Å². The number of rotatable bonds is 9. The third-order valence-corrected chi connectivity index (χ3v) is 3.68. The third-order valence-electron chi connectivity index (χ3n) is 3.68. The molecule has 0 saturated heterocycles. The summed E-state index contributed by atoms with van der Waals surface area (Å²) in [5, 5.41) is 9.77. The molecule has 0 saturated carbocycles. The number of halogens is 3. The summed E-state index contributed by atoms with van der Waals surface area (Å²) in [5.74, 6) is -0.672. The van der Waals surface area contributed by atoms with Gasteiger partial charge in [-0.2, -0.15) is 13.2 Å². The van der Waals surface area contributed by atoms with E-state index in [1.54, 1.807) is 0 Å². The van der Waals surface area contributed by atoms with E-state index in [9.17, 15) is 18.3 Å². The van der Waals surface area contributed by atoms with Crippen molar-refractivity contribution in [2.75, 3.05) is 0 Å². The van der Waals surface area contributed by atoms with Crippen molar-refractivity contribution in [3.05, 3.63) is 0 Å². The van der Waals surface area contributed by atoms with E-state index >= 15 is 0 Å². The molecule has 1 nitrogen and oxygen atoms in total. The van der Waals surface area contributed by atoms with Crippen molar-refractivity contribution >= 4 is 0 Å². The molecule has 0 spiro atoms. The highest BCUT2D eigenvalue weighted by Crippen LogP contribution is 2.40. The van der Waals surface area contributed by atoms with Gasteiger partial charge in [0.1, 0.15) is 0 Å². The predicted molar refractivity (Wildman–Crippen MR) is 68.5 cm³/mol. The van der Waals surface area contributed by atoms with Gasteiger partial charge in [-0.3, -0.25) is 0 Å². The molecule has 0 amide bonds.